The topological polar surface area (TPSA) is 36.4 Å². The lowest BCUT2D eigenvalue weighted by atomic mass is 10.1. The van der Waals surface area contributed by atoms with E-state index in [1.807, 2.05) is 12.1 Å². The quantitative estimate of drug-likeness (QED) is 0.434. The maximum Gasteiger partial charge on any atom is 0.191 e. The fraction of sp³-hybridized carbons (Fsp3) is 0.278. The third kappa shape index (κ3) is 6.56. The maximum atomic E-state index is 12.8. The van der Waals surface area contributed by atoms with Crippen LogP contribution in [-0.4, -0.2) is 19.6 Å². The Kier molecular flexibility index (Phi) is 8.61. The van der Waals surface area contributed by atoms with E-state index in [0.29, 0.717) is 0 Å². The van der Waals surface area contributed by atoms with Crippen LogP contribution in [0.25, 0.3) is 0 Å². The average molecular weight is 427 g/mol. The second kappa shape index (κ2) is 10.2. The van der Waals surface area contributed by atoms with Crippen molar-refractivity contribution in [3.8, 4) is 0 Å². The maximum absolute atomic E-state index is 12.8. The van der Waals surface area contributed by atoms with Crippen LogP contribution in [0.2, 0.25) is 0 Å². The molecule has 2 N–H and O–H groups in total. The largest absolute Gasteiger partial charge is 0.356 e. The van der Waals surface area contributed by atoms with Gasteiger partial charge in [-0.25, -0.2) is 4.39 Å². The molecule has 0 aliphatic carbocycles. The Morgan fingerprint density at radius 3 is 2.39 bits per heavy atom. The fourth-order valence-electron chi connectivity index (χ4n) is 2.18. The third-order valence-electron chi connectivity index (χ3n) is 3.55. The number of rotatable bonds is 5. The molecule has 0 unspecified atom stereocenters. The lowest BCUT2D eigenvalue weighted by molar-refractivity contribution is 0.626. The smallest absolute Gasteiger partial charge is 0.191 e. The minimum Gasteiger partial charge on any atom is -0.356 e. The van der Waals surface area contributed by atoms with Crippen molar-refractivity contribution in [1.29, 1.82) is 0 Å². The molecule has 3 nitrogen and oxygen atoms in total. The van der Waals surface area contributed by atoms with Crippen LogP contribution in [0, 0.1) is 12.7 Å². The minimum absolute atomic E-state index is 0. The minimum atomic E-state index is -0.201. The van der Waals surface area contributed by atoms with Gasteiger partial charge in [0.1, 0.15) is 5.82 Å². The summed E-state index contributed by atoms with van der Waals surface area (Å²) >= 11 is 0. The molecule has 0 spiro atoms. The summed E-state index contributed by atoms with van der Waals surface area (Å²) in [5, 5.41) is 6.57. The van der Waals surface area contributed by atoms with Crippen molar-refractivity contribution < 1.29 is 4.39 Å². The molecule has 0 saturated heterocycles. The van der Waals surface area contributed by atoms with E-state index in [1.165, 1.54) is 23.3 Å². The summed E-state index contributed by atoms with van der Waals surface area (Å²) in [7, 11) is 1.76. The van der Waals surface area contributed by atoms with Gasteiger partial charge in [-0.1, -0.05) is 36.4 Å². The zero-order valence-corrected chi connectivity index (χ0v) is 15.8. The van der Waals surface area contributed by atoms with E-state index in [1.54, 1.807) is 19.2 Å². The molecule has 2 rings (SSSR count). The molecule has 0 amide bonds. The van der Waals surface area contributed by atoms with E-state index in [9.17, 15) is 4.39 Å². The first kappa shape index (κ1) is 19.4. The van der Waals surface area contributed by atoms with Gasteiger partial charge in [-0.2, -0.15) is 0 Å². The highest BCUT2D eigenvalue weighted by atomic mass is 127. The number of nitrogens with one attached hydrogen (secondary N) is 2. The molecule has 0 bridgehead atoms. The first-order valence-electron chi connectivity index (χ1n) is 7.42. The van der Waals surface area contributed by atoms with Gasteiger partial charge in [-0.05, 0) is 42.2 Å². The summed E-state index contributed by atoms with van der Waals surface area (Å²) in [6.07, 6.45) is 0.825. The van der Waals surface area contributed by atoms with Crippen LogP contribution in [0.5, 0.6) is 0 Å². The van der Waals surface area contributed by atoms with E-state index in [-0.39, 0.29) is 29.8 Å². The summed E-state index contributed by atoms with van der Waals surface area (Å²) < 4.78 is 12.8. The summed E-state index contributed by atoms with van der Waals surface area (Å²) in [5.74, 6) is 0.567. The zero-order valence-electron chi connectivity index (χ0n) is 13.5. The zero-order chi connectivity index (χ0) is 15.8. The number of hydrogen-bond donors (Lipinski definition) is 2. The van der Waals surface area contributed by atoms with Crippen molar-refractivity contribution in [2.24, 2.45) is 4.99 Å². The first-order chi connectivity index (χ1) is 10.7. The summed E-state index contributed by atoms with van der Waals surface area (Å²) in [4.78, 5) is 4.21. The summed E-state index contributed by atoms with van der Waals surface area (Å²) in [6, 6.07) is 14.9. The van der Waals surface area contributed by atoms with Crippen molar-refractivity contribution in [2.75, 3.05) is 13.6 Å². The Morgan fingerprint density at radius 2 is 1.74 bits per heavy atom. The van der Waals surface area contributed by atoms with Gasteiger partial charge in [0.2, 0.25) is 0 Å². The number of guanidine groups is 1. The second-order valence-electron chi connectivity index (χ2n) is 5.16. The Hall–Kier alpha value is -1.63. The highest BCUT2D eigenvalue weighted by Gasteiger charge is 2.01. The van der Waals surface area contributed by atoms with Gasteiger partial charge in [-0.3, -0.25) is 4.99 Å². The predicted octanol–water partition coefficient (Wildman–Crippen LogP) is 3.66. The highest BCUT2D eigenvalue weighted by Crippen LogP contribution is 2.06. The van der Waals surface area contributed by atoms with Crippen molar-refractivity contribution in [3.05, 3.63) is 71.0 Å². The number of aryl methyl sites for hydroxylation is 1. The molecule has 2 aromatic carbocycles. The van der Waals surface area contributed by atoms with Crippen molar-refractivity contribution in [1.82, 2.24) is 10.6 Å². The number of benzene rings is 2. The average Bonchev–Trinajstić information content (AvgIpc) is 2.54. The van der Waals surface area contributed by atoms with E-state index in [0.717, 1.165) is 31.0 Å². The first-order valence-corrected chi connectivity index (χ1v) is 7.42. The van der Waals surface area contributed by atoms with Crippen molar-refractivity contribution in [3.63, 3.8) is 0 Å². The molecule has 0 heterocycles. The Morgan fingerprint density at radius 1 is 1.04 bits per heavy atom. The van der Waals surface area contributed by atoms with Gasteiger partial charge in [0.25, 0.3) is 0 Å². The van der Waals surface area contributed by atoms with Gasteiger partial charge >= 0.3 is 0 Å². The summed E-state index contributed by atoms with van der Waals surface area (Å²) in [6.45, 7) is 3.59. The molecule has 0 radical (unpaired) electrons. The summed E-state index contributed by atoms with van der Waals surface area (Å²) in [5.41, 5.74) is 3.61. The number of halogens is 2. The normalized spacial score (nSPS) is 10.8. The predicted molar refractivity (Wildman–Crippen MR) is 105 cm³/mol. The number of nitrogens with zero attached hydrogens (tertiary/aromatic N) is 1. The van der Waals surface area contributed by atoms with E-state index >= 15 is 0 Å². The standard InChI is InChI=1S/C18H22FN3.HI/c1-14-5-3-4-6-16(14)13-22-18(20-2)21-12-11-15-7-9-17(19)10-8-15;/h3-10H,11-13H2,1-2H3,(H2,20,21,22);1H. The molecule has 0 saturated carbocycles. The van der Waals surface area contributed by atoms with E-state index in [2.05, 4.69) is 34.7 Å². The van der Waals surface area contributed by atoms with Crippen molar-refractivity contribution in [2.45, 2.75) is 19.9 Å². The molecular weight excluding hydrogens is 404 g/mol. The van der Waals surface area contributed by atoms with Gasteiger partial charge in [0.05, 0.1) is 0 Å². The van der Waals surface area contributed by atoms with Crippen LogP contribution in [0.15, 0.2) is 53.5 Å². The lowest BCUT2D eigenvalue weighted by Gasteiger charge is -2.13. The van der Waals surface area contributed by atoms with Gasteiger partial charge in [0, 0.05) is 20.1 Å². The molecular formula is C18H23FIN3. The van der Waals surface area contributed by atoms with Crippen LogP contribution in [0.3, 0.4) is 0 Å². The second-order valence-corrected chi connectivity index (χ2v) is 5.16. The van der Waals surface area contributed by atoms with Crippen LogP contribution in [-0.2, 0) is 13.0 Å². The van der Waals surface area contributed by atoms with Gasteiger partial charge in [0.15, 0.2) is 5.96 Å². The number of aliphatic imine (C=N–C) groups is 1. The van der Waals surface area contributed by atoms with Crippen LogP contribution in [0.1, 0.15) is 16.7 Å². The molecule has 2 aromatic rings. The molecule has 0 aliphatic heterocycles. The Labute approximate surface area is 154 Å². The Balaban J connectivity index is 0.00000264. The van der Waals surface area contributed by atoms with Crippen LogP contribution < -0.4 is 10.6 Å². The fourth-order valence-corrected chi connectivity index (χ4v) is 2.18. The molecule has 5 heteroatoms. The Bertz CT molecular complexity index is 626. The van der Waals surface area contributed by atoms with E-state index < -0.39 is 0 Å². The van der Waals surface area contributed by atoms with Gasteiger partial charge in [-0.15, -0.1) is 24.0 Å². The molecule has 23 heavy (non-hydrogen) atoms. The van der Waals surface area contributed by atoms with E-state index in [4.69, 9.17) is 0 Å². The molecule has 0 aromatic heterocycles. The highest BCUT2D eigenvalue weighted by molar-refractivity contribution is 14.0. The van der Waals surface area contributed by atoms with Crippen molar-refractivity contribution >= 4 is 29.9 Å². The monoisotopic (exact) mass is 427 g/mol. The van der Waals surface area contributed by atoms with Crippen LogP contribution in [0.4, 0.5) is 4.39 Å². The molecule has 0 atom stereocenters. The SMILES string of the molecule is CN=C(NCCc1ccc(F)cc1)NCc1ccccc1C.I. The molecule has 0 fully saturated rings. The lowest BCUT2D eigenvalue weighted by Crippen LogP contribution is -2.38. The van der Waals surface area contributed by atoms with Crippen LogP contribution >= 0.6 is 24.0 Å². The molecule has 0 aliphatic rings. The number of hydrogen-bond acceptors (Lipinski definition) is 1. The third-order valence-corrected chi connectivity index (χ3v) is 3.55. The van der Waals surface area contributed by atoms with Gasteiger partial charge < -0.3 is 10.6 Å². The molecule has 124 valence electrons.